The highest BCUT2D eigenvalue weighted by Gasteiger charge is 2.23. The van der Waals surface area contributed by atoms with Gasteiger partial charge in [0, 0.05) is 5.03 Å². The van der Waals surface area contributed by atoms with E-state index in [2.05, 4.69) is 5.03 Å². The molecule has 0 atom stereocenters. The molecule has 0 rings (SSSR count). The van der Waals surface area contributed by atoms with Crippen molar-refractivity contribution in [2.75, 3.05) is 0 Å². The predicted molar refractivity (Wildman–Crippen MR) is 11.1 cm³/mol. The van der Waals surface area contributed by atoms with Crippen molar-refractivity contribution < 1.29 is 64.4 Å². The van der Waals surface area contributed by atoms with Crippen LogP contribution in [0, 0.1) is 0 Å². The molecule has 0 bridgehead atoms. The molecule has 0 saturated heterocycles. The Balaban J connectivity index is 3.73. The van der Waals surface area contributed by atoms with Crippen LogP contribution in [0.2, 0.25) is 0 Å². The Labute approximate surface area is 74.2 Å². The van der Waals surface area contributed by atoms with Crippen molar-refractivity contribution in [1.29, 1.82) is 0 Å². The minimum atomic E-state index is -4.21. The fraction of sp³-hybridized carbons (Fsp3) is 0. The van der Waals surface area contributed by atoms with E-state index in [4.69, 9.17) is 0 Å². The minimum absolute atomic E-state index is 2.08. The minimum Gasteiger partial charge on any atom is -0.566 e. The molecule has 0 saturated carbocycles. The maximum Gasteiger partial charge on any atom is 0.483 e. The highest BCUT2D eigenvalue weighted by molar-refractivity contribution is 7.81. The van der Waals surface area contributed by atoms with E-state index in [0.29, 0.717) is 0 Å². The Morgan fingerprint density at radius 1 is 1.11 bits per heavy atom. The van der Waals surface area contributed by atoms with Gasteiger partial charge in [0.25, 0.3) is 0 Å². The van der Waals surface area contributed by atoms with Gasteiger partial charge >= 0.3 is 54.5 Å². The number of hydrogen-bond donors (Lipinski definition) is 0. The lowest BCUT2D eigenvalue weighted by Crippen LogP contribution is -3.72. The predicted octanol–water partition coefficient (Wildman–Crippen LogP) is -9.18. The third-order valence-electron chi connectivity index (χ3n) is 0.206. The van der Waals surface area contributed by atoms with Gasteiger partial charge in [0.05, 0.1) is 0 Å². The lowest BCUT2D eigenvalue weighted by molar-refractivity contribution is -1.26. The average molecular weight is 382 g/mol. The smallest absolute Gasteiger partial charge is 0.483 e. The maximum atomic E-state index is 10.0. The van der Waals surface area contributed by atoms with E-state index >= 15 is 0 Å². The largest absolute Gasteiger partial charge is 0.566 e. The second-order valence-corrected chi connectivity index (χ2v) is 4.61. The third kappa shape index (κ3) is 5.68. The van der Waals surface area contributed by atoms with Crippen molar-refractivity contribution in [2.45, 2.75) is 0 Å². The Hall–Kier alpha value is 1.25. The summed E-state index contributed by atoms with van der Waals surface area (Å²) in [4.78, 5) is 0. The van der Waals surface area contributed by atoms with Crippen LogP contribution in [0.25, 0.3) is 0 Å². The van der Waals surface area contributed by atoms with Crippen LogP contribution in [-0.4, -0.2) is 8.42 Å². The summed E-state index contributed by atoms with van der Waals surface area (Å²) >= 11 is -4.16. The van der Waals surface area contributed by atoms with E-state index in [1.165, 1.54) is 0 Å². The summed E-state index contributed by atoms with van der Waals surface area (Å²) in [6.45, 7) is 0. The first kappa shape index (κ1) is 10.2. The molecule has 0 fully saturated rings. The zero-order valence-electron chi connectivity index (χ0n) is 3.61. The second-order valence-electron chi connectivity index (χ2n) is 0.660. The standard InChI is InChI=1S/I2O6S/c3-1-7-9(5,6)8-2-4. The number of rotatable bonds is 4. The molecule has 0 aromatic heterocycles. The van der Waals surface area contributed by atoms with Crippen LogP contribution in [0.4, 0.5) is 0 Å². The van der Waals surface area contributed by atoms with E-state index in [1.54, 1.807) is 0 Å². The molecule has 0 N–H and O–H groups in total. The summed E-state index contributed by atoms with van der Waals surface area (Å²) in [5, 5.41) is 0. The zero-order chi connectivity index (χ0) is 7.33. The summed E-state index contributed by atoms with van der Waals surface area (Å²) in [6.07, 6.45) is 0. The van der Waals surface area contributed by atoms with Crippen LogP contribution in [-0.2, 0) is 15.4 Å². The molecule has 0 aliphatic heterocycles. The second kappa shape index (κ2) is 4.97. The van der Waals surface area contributed by atoms with E-state index in [9.17, 15) is 15.3 Å². The van der Waals surface area contributed by atoms with Gasteiger partial charge in [0.15, 0.2) is 0 Å². The van der Waals surface area contributed by atoms with E-state index < -0.39 is 54.5 Å². The molecule has 9 heavy (non-hydrogen) atoms. The van der Waals surface area contributed by atoms with Crippen molar-refractivity contribution in [3.63, 3.8) is 0 Å². The van der Waals surface area contributed by atoms with Gasteiger partial charge < -0.3 is 6.87 Å². The summed E-state index contributed by atoms with van der Waals surface area (Å²) in [5.74, 6) is 0. The maximum absolute atomic E-state index is 10.0. The van der Waals surface area contributed by atoms with Crippen LogP contribution in [0.15, 0.2) is 0 Å². The van der Waals surface area contributed by atoms with Crippen molar-refractivity contribution >= 4 is 10.4 Å². The highest BCUT2D eigenvalue weighted by Crippen LogP contribution is 1.74. The highest BCUT2D eigenvalue weighted by atomic mass is 127. The van der Waals surface area contributed by atoms with Crippen LogP contribution in [0.1, 0.15) is 0 Å². The molecule has 0 aliphatic carbocycles. The third-order valence-corrected chi connectivity index (χ3v) is 4.14. The van der Waals surface area contributed by atoms with Gasteiger partial charge in [-0.25, -0.2) is 0 Å². The van der Waals surface area contributed by atoms with Crippen LogP contribution in [0.5, 0.6) is 0 Å². The van der Waals surface area contributed by atoms with Crippen molar-refractivity contribution in [2.24, 2.45) is 0 Å². The molecule has 0 heterocycles. The zero-order valence-corrected chi connectivity index (χ0v) is 8.75. The quantitative estimate of drug-likeness (QED) is 0.448. The molecular weight excluding hydrogens is 382 g/mol. The van der Waals surface area contributed by atoms with Gasteiger partial charge in [-0.3, -0.25) is 0 Å². The molecule has 0 aliphatic rings. The molecule has 0 amide bonds. The lowest BCUT2D eigenvalue weighted by Gasteiger charge is -1.82. The Morgan fingerprint density at radius 2 is 1.44 bits per heavy atom. The van der Waals surface area contributed by atoms with Crippen molar-refractivity contribution in [3.05, 3.63) is 0 Å². The lowest BCUT2D eigenvalue weighted by atomic mass is 15.8. The molecule has 9 heteroatoms. The van der Waals surface area contributed by atoms with Crippen molar-refractivity contribution in [3.8, 4) is 0 Å². The van der Waals surface area contributed by atoms with Gasteiger partial charge in [-0.05, 0) is 0 Å². The van der Waals surface area contributed by atoms with Crippen LogP contribution < -0.4 is 50.9 Å². The van der Waals surface area contributed by atoms with Crippen molar-refractivity contribution in [1.82, 2.24) is 0 Å². The molecule has 0 unspecified atom stereocenters. The Bertz CT molecular complexity index is 134. The average Bonchev–Trinajstić information content (AvgIpc) is 1.64. The summed E-state index contributed by atoms with van der Waals surface area (Å²) < 4.78 is 46.4. The summed E-state index contributed by atoms with van der Waals surface area (Å²) in [7, 11) is -4.21. The molecule has 0 radical (unpaired) electrons. The monoisotopic (exact) mass is 382 g/mol. The summed E-state index contributed by atoms with van der Waals surface area (Å²) in [5.41, 5.74) is 0. The number of halogens is 2. The normalized spacial score (nSPS) is 11.8. The first-order valence-corrected chi connectivity index (χ1v) is 6.14. The SMILES string of the molecule is O=S(=O)(O[I+][O-])O[I+][O-]. The van der Waals surface area contributed by atoms with E-state index in [0.717, 1.165) is 0 Å². The van der Waals surface area contributed by atoms with Gasteiger partial charge in [-0.1, -0.05) is 0 Å². The van der Waals surface area contributed by atoms with Crippen LogP contribution in [0.3, 0.4) is 0 Å². The van der Waals surface area contributed by atoms with Crippen LogP contribution >= 0.6 is 0 Å². The summed E-state index contributed by atoms with van der Waals surface area (Å²) in [6, 6.07) is 0. The molecular formula is I2O6S. The molecule has 6 nitrogen and oxygen atoms in total. The fourth-order valence-corrected chi connectivity index (χ4v) is 2.58. The van der Waals surface area contributed by atoms with E-state index in [-0.39, 0.29) is 0 Å². The van der Waals surface area contributed by atoms with E-state index in [1.807, 2.05) is 0 Å². The van der Waals surface area contributed by atoms with Gasteiger partial charge in [0.1, 0.15) is 0 Å². The first-order chi connectivity index (χ1) is 4.12. The fourth-order valence-electron chi connectivity index (χ4n) is 0.0727. The van der Waals surface area contributed by atoms with Gasteiger partial charge in [-0.15, -0.1) is 0 Å². The molecule has 0 spiro atoms. The Morgan fingerprint density at radius 3 is 1.67 bits per heavy atom. The molecule has 0 aromatic carbocycles. The van der Waals surface area contributed by atoms with Gasteiger partial charge in [0.2, 0.25) is 0 Å². The number of hydrogen-bond acceptors (Lipinski definition) is 6. The first-order valence-electron chi connectivity index (χ1n) is 1.28. The molecule has 56 valence electrons. The Kier molecular flexibility index (Phi) is 5.67. The topological polar surface area (TPSA) is 98.7 Å². The molecule has 0 aromatic rings. The van der Waals surface area contributed by atoms with Gasteiger partial charge in [-0.2, -0.15) is 8.42 Å².